The number of nitro groups is 1. The van der Waals surface area contributed by atoms with Gasteiger partial charge in [-0.2, -0.15) is 4.57 Å². The first kappa shape index (κ1) is 15.1. The van der Waals surface area contributed by atoms with E-state index >= 15 is 0 Å². The normalized spacial score (nSPS) is 10.0. The fourth-order valence-electron chi connectivity index (χ4n) is 1.80. The van der Waals surface area contributed by atoms with Crippen LogP contribution in [0, 0.1) is 10.1 Å². The Morgan fingerprint density at radius 3 is 2.50 bits per heavy atom. The minimum atomic E-state index is -0.579. The molecule has 1 heterocycles. The van der Waals surface area contributed by atoms with Crippen molar-refractivity contribution in [1.82, 2.24) is 0 Å². The van der Waals surface area contributed by atoms with Crippen molar-refractivity contribution in [2.75, 3.05) is 5.32 Å². The highest BCUT2D eigenvalue weighted by molar-refractivity contribution is 5.92. The molecule has 0 spiro atoms. The van der Waals surface area contributed by atoms with Gasteiger partial charge in [-0.3, -0.25) is 19.7 Å². The van der Waals surface area contributed by atoms with E-state index in [2.05, 4.69) is 5.32 Å². The summed E-state index contributed by atoms with van der Waals surface area (Å²) in [7, 11) is 0. The number of nitrogens with two attached hydrogens (primary N) is 1. The van der Waals surface area contributed by atoms with Crippen molar-refractivity contribution < 1.29 is 19.1 Å². The number of anilines is 1. The number of nitrogens with one attached hydrogen (secondary N) is 1. The lowest BCUT2D eigenvalue weighted by Crippen LogP contribution is -2.40. The average molecular weight is 301 g/mol. The maximum Gasteiger partial charge on any atom is 0.290 e. The van der Waals surface area contributed by atoms with Gasteiger partial charge in [0.05, 0.1) is 4.92 Å². The number of aromatic nitrogens is 1. The Balaban J connectivity index is 2.02. The summed E-state index contributed by atoms with van der Waals surface area (Å²) >= 11 is 0. The highest BCUT2D eigenvalue weighted by Gasteiger charge is 2.13. The number of hydrogen-bond donors (Lipinski definition) is 2. The second kappa shape index (κ2) is 6.44. The van der Waals surface area contributed by atoms with Crippen molar-refractivity contribution >= 4 is 23.2 Å². The highest BCUT2D eigenvalue weighted by Crippen LogP contribution is 2.15. The molecule has 0 saturated heterocycles. The van der Waals surface area contributed by atoms with E-state index in [4.69, 9.17) is 5.73 Å². The number of benzene rings is 1. The molecule has 1 aromatic heterocycles. The third kappa shape index (κ3) is 3.85. The summed E-state index contributed by atoms with van der Waals surface area (Å²) < 4.78 is 1.51. The number of nitro benzene ring substituents is 1. The predicted molar refractivity (Wildman–Crippen MR) is 76.9 cm³/mol. The van der Waals surface area contributed by atoms with Crippen molar-refractivity contribution in [3.8, 4) is 0 Å². The van der Waals surface area contributed by atoms with Crippen LogP contribution >= 0.6 is 0 Å². The molecule has 3 N–H and O–H groups in total. The highest BCUT2D eigenvalue weighted by atomic mass is 16.6. The van der Waals surface area contributed by atoms with Crippen LogP contribution in [0.4, 0.5) is 11.4 Å². The standard InChI is InChI=1S/C14H12N4O4/c15-14(20)10-2-1-7-17(8-10)9-13(19)16-11-3-5-12(6-4-11)18(21)22/h1-8H,9H2,(H2-,15,16,19,20)/p+1. The maximum absolute atomic E-state index is 11.9. The van der Waals surface area contributed by atoms with Gasteiger partial charge >= 0.3 is 0 Å². The molecule has 0 bridgehead atoms. The van der Waals surface area contributed by atoms with Crippen LogP contribution in [0.5, 0.6) is 0 Å². The molecule has 2 amide bonds. The summed E-state index contributed by atoms with van der Waals surface area (Å²) in [4.78, 5) is 33.0. The number of carbonyl (C=O) groups excluding carboxylic acids is 2. The molecule has 2 rings (SSSR count). The first-order valence-electron chi connectivity index (χ1n) is 6.29. The van der Waals surface area contributed by atoms with Gasteiger partial charge in [0.2, 0.25) is 6.54 Å². The van der Waals surface area contributed by atoms with Crippen LogP contribution in [0.1, 0.15) is 10.4 Å². The van der Waals surface area contributed by atoms with Gasteiger partial charge < -0.3 is 11.1 Å². The number of pyridine rings is 1. The Kier molecular flexibility index (Phi) is 4.42. The van der Waals surface area contributed by atoms with Gasteiger partial charge in [-0.15, -0.1) is 0 Å². The summed E-state index contributed by atoms with van der Waals surface area (Å²) in [5.74, 6) is -0.911. The van der Waals surface area contributed by atoms with Gasteiger partial charge in [-0.25, -0.2) is 0 Å². The van der Waals surface area contributed by atoms with E-state index < -0.39 is 10.8 Å². The SMILES string of the molecule is NC(=O)c1ccc[n+](CC(=O)Nc2ccc([N+](=O)[O-])cc2)c1. The van der Waals surface area contributed by atoms with Gasteiger partial charge in [0, 0.05) is 23.9 Å². The van der Waals surface area contributed by atoms with Crippen molar-refractivity contribution in [2.24, 2.45) is 5.73 Å². The van der Waals surface area contributed by atoms with E-state index in [-0.39, 0.29) is 18.1 Å². The molecule has 1 aromatic carbocycles. The van der Waals surface area contributed by atoms with E-state index in [1.54, 1.807) is 18.3 Å². The molecule has 0 fully saturated rings. The van der Waals surface area contributed by atoms with Crippen molar-refractivity contribution in [3.63, 3.8) is 0 Å². The predicted octanol–water partition coefficient (Wildman–Crippen LogP) is 0.620. The number of nitrogens with zero attached hydrogens (tertiary/aromatic N) is 2. The summed E-state index contributed by atoms with van der Waals surface area (Å²) in [6.07, 6.45) is 3.10. The molecular formula is C14H13N4O4+. The van der Waals surface area contributed by atoms with E-state index in [0.717, 1.165) is 0 Å². The Bertz CT molecular complexity index is 728. The molecule has 0 aliphatic heterocycles. The zero-order valence-electron chi connectivity index (χ0n) is 11.4. The van der Waals surface area contributed by atoms with Gasteiger partial charge in [0.25, 0.3) is 17.5 Å². The molecule has 8 heteroatoms. The van der Waals surface area contributed by atoms with Crippen LogP contribution < -0.4 is 15.6 Å². The van der Waals surface area contributed by atoms with Crippen molar-refractivity contribution in [2.45, 2.75) is 6.54 Å². The monoisotopic (exact) mass is 301 g/mol. The summed E-state index contributed by atoms with van der Waals surface area (Å²) in [6, 6.07) is 8.65. The van der Waals surface area contributed by atoms with Gasteiger partial charge in [-0.05, 0) is 18.2 Å². The smallest absolute Gasteiger partial charge is 0.290 e. The van der Waals surface area contributed by atoms with Crippen LogP contribution in [0.3, 0.4) is 0 Å². The van der Waals surface area contributed by atoms with Crippen LogP contribution in [-0.4, -0.2) is 16.7 Å². The third-order valence-electron chi connectivity index (χ3n) is 2.83. The Morgan fingerprint density at radius 2 is 1.91 bits per heavy atom. The number of hydrogen-bond acceptors (Lipinski definition) is 4. The summed E-state index contributed by atoms with van der Waals surface area (Å²) in [5, 5.41) is 13.1. The second-order valence-corrected chi connectivity index (χ2v) is 4.48. The number of rotatable bonds is 5. The van der Waals surface area contributed by atoms with Crippen LogP contribution in [0.2, 0.25) is 0 Å². The van der Waals surface area contributed by atoms with E-state index in [9.17, 15) is 19.7 Å². The summed E-state index contributed by atoms with van der Waals surface area (Å²) in [5.41, 5.74) is 5.86. The number of non-ortho nitro benzene ring substituents is 1. The zero-order valence-corrected chi connectivity index (χ0v) is 11.4. The second-order valence-electron chi connectivity index (χ2n) is 4.48. The molecule has 0 unspecified atom stereocenters. The Hall–Kier alpha value is -3.29. The van der Waals surface area contributed by atoms with E-state index in [0.29, 0.717) is 11.3 Å². The van der Waals surface area contributed by atoms with Crippen LogP contribution in [0.15, 0.2) is 48.8 Å². The third-order valence-corrected chi connectivity index (χ3v) is 2.83. The van der Waals surface area contributed by atoms with Crippen LogP contribution in [0.25, 0.3) is 0 Å². The topological polar surface area (TPSA) is 119 Å². The lowest BCUT2D eigenvalue weighted by Gasteiger charge is -2.03. The number of amides is 2. The lowest BCUT2D eigenvalue weighted by atomic mass is 10.2. The minimum Gasteiger partial charge on any atom is -0.365 e. The largest absolute Gasteiger partial charge is 0.365 e. The van der Waals surface area contributed by atoms with Gasteiger partial charge in [0.1, 0.15) is 5.56 Å². The first-order chi connectivity index (χ1) is 10.5. The average Bonchev–Trinajstić information content (AvgIpc) is 2.47. The molecule has 22 heavy (non-hydrogen) atoms. The van der Waals surface area contributed by atoms with E-state index in [1.807, 2.05) is 0 Å². The summed E-state index contributed by atoms with van der Waals surface area (Å²) in [6.45, 7) is -0.0158. The van der Waals surface area contributed by atoms with E-state index in [1.165, 1.54) is 35.0 Å². The van der Waals surface area contributed by atoms with Gasteiger partial charge in [-0.1, -0.05) is 0 Å². The number of primary amides is 1. The van der Waals surface area contributed by atoms with Crippen LogP contribution in [-0.2, 0) is 11.3 Å². The molecule has 2 aromatic rings. The van der Waals surface area contributed by atoms with Crippen molar-refractivity contribution in [1.29, 1.82) is 0 Å². The lowest BCUT2D eigenvalue weighted by molar-refractivity contribution is -0.684. The van der Waals surface area contributed by atoms with Crippen molar-refractivity contribution in [3.05, 3.63) is 64.5 Å². The Labute approximate surface area is 125 Å². The zero-order chi connectivity index (χ0) is 16.1. The van der Waals surface area contributed by atoms with Gasteiger partial charge in [0.15, 0.2) is 12.4 Å². The molecule has 0 aliphatic carbocycles. The molecular weight excluding hydrogens is 288 g/mol. The molecule has 0 aliphatic rings. The molecule has 0 radical (unpaired) electrons. The maximum atomic E-state index is 11.9. The Morgan fingerprint density at radius 1 is 1.23 bits per heavy atom. The minimum absolute atomic E-state index is 0.0158. The fourth-order valence-corrected chi connectivity index (χ4v) is 1.80. The first-order valence-corrected chi connectivity index (χ1v) is 6.29. The molecule has 0 atom stereocenters. The fraction of sp³-hybridized carbons (Fsp3) is 0.0714. The molecule has 8 nitrogen and oxygen atoms in total. The quantitative estimate of drug-likeness (QED) is 0.478. The molecule has 112 valence electrons. The molecule has 0 saturated carbocycles. The number of carbonyl (C=O) groups is 2.